The molecule has 10 heteroatoms. The molecule has 3 heterocycles. The van der Waals surface area contributed by atoms with E-state index in [9.17, 15) is 9.59 Å². The van der Waals surface area contributed by atoms with Crippen molar-refractivity contribution in [3.8, 4) is 11.4 Å². The quantitative estimate of drug-likeness (QED) is 0.464. The number of fused-ring (bicyclic) bond motifs is 1. The molecule has 1 fully saturated rings. The molecule has 0 radical (unpaired) electrons. The number of halogens is 1. The summed E-state index contributed by atoms with van der Waals surface area (Å²) >= 11 is 7.58. The van der Waals surface area contributed by atoms with Crippen LogP contribution in [0.3, 0.4) is 0 Å². The van der Waals surface area contributed by atoms with Gasteiger partial charge in [-0.2, -0.15) is 4.98 Å². The van der Waals surface area contributed by atoms with Gasteiger partial charge in [0, 0.05) is 21.4 Å². The van der Waals surface area contributed by atoms with Gasteiger partial charge in [0.2, 0.25) is 17.6 Å². The maximum atomic E-state index is 13.1. The number of amides is 1. The first-order valence-corrected chi connectivity index (χ1v) is 13.1. The third-order valence-corrected chi connectivity index (χ3v) is 8.11. The molecule has 1 aliphatic carbocycles. The number of benzene rings is 1. The van der Waals surface area contributed by atoms with E-state index in [1.807, 2.05) is 12.1 Å². The number of thiophene rings is 1. The molecule has 184 valence electrons. The van der Waals surface area contributed by atoms with Gasteiger partial charge in [0.15, 0.2) is 0 Å². The highest BCUT2D eigenvalue weighted by Crippen LogP contribution is 2.39. The number of likely N-dealkylation sites (tertiary alicyclic amines) is 1. The highest BCUT2D eigenvalue weighted by molar-refractivity contribution is 7.17. The molecular weight excluding hydrogens is 488 g/mol. The minimum Gasteiger partial charge on any atom is -0.465 e. The van der Waals surface area contributed by atoms with Crippen molar-refractivity contribution in [2.24, 2.45) is 5.92 Å². The molecule has 0 saturated carbocycles. The number of hydrogen-bond donors (Lipinski definition) is 1. The first-order chi connectivity index (χ1) is 17.0. The van der Waals surface area contributed by atoms with Crippen molar-refractivity contribution in [1.82, 2.24) is 15.0 Å². The molecule has 2 aromatic heterocycles. The van der Waals surface area contributed by atoms with Gasteiger partial charge in [-0.05, 0) is 69.3 Å². The fraction of sp³-hybridized carbons (Fsp3) is 0.440. The Morgan fingerprint density at radius 1 is 1.26 bits per heavy atom. The zero-order valence-corrected chi connectivity index (χ0v) is 21.1. The van der Waals surface area contributed by atoms with E-state index >= 15 is 0 Å². The molecule has 3 aromatic rings. The van der Waals surface area contributed by atoms with Crippen molar-refractivity contribution < 1.29 is 18.8 Å². The number of carbonyl (C=O) groups is 2. The zero-order chi connectivity index (χ0) is 24.4. The lowest BCUT2D eigenvalue weighted by molar-refractivity contribution is -0.121. The number of esters is 1. The molecule has 8 nitrogen and oxygen atoms in total. The predicted octanol–water partition coefficient (Wildman–Crippen LogP) is 4.97. The SMILES string of the molecule is COC(=O)c1c(NC(=O)C2CCN(Cc3nc(-c4cccc(Cl)c4)no3)CC2)sc2c1CCCC2. The monoisotopic (exact) mass is 514 g/mol. The summed E-state index contributed by atoms with van der Waals surface area (Å²) in [5, 5.41) is 8.38. The molecule has 0 unspecified atom stereocenters. The van der Waals surface area contributed by atoms with Crippen LogP contribution in [0.25, 0.3) is 11.4 Å². The first kappa shape index (κ1) is 24.0. The van der Waals surface area contributed by atoms with Gasteiger partial charge in [0.05, 0.1) is 19.2 Å². The topological polar surface area (TPSA) is 97.6 Å². The van der Waals surface area contributed by atoms with Gasteiger partial charge in [0.1, 0.15) is 5.00 Å². The van der Waals surface area contributed by atoms with Crippen LogP contribution in [0.15, 0.2) is 28.8 Å². The van der Waals surface area contributed by atoms with E-state index in [1.54, 1.807) is 12.1 Å². The Morgan fingerprint density at radius 2 is 2.06 bits per heavy atom. The van der Waals surface area contributed by atoms with E-state index in [-0.39, 0.29) is 17.8 Å². The van der Waals surface area contributed by atoms with Gasteiger partial charge in [-0.1, -0.05) is 28.9 Å². The Kier molecular flexibility index (Phi) is 7.17. The molecule has 5 rings (SSSR count). The highest BCUT2D eigenvalue weighted by Gasteiger charge is 2.30. The lowest BCUT2D eigenvalue weighted by atomic mass is 9.94. The van der Waals surface area contributed by atoms with Gasteiger partial charge >= 0.3 is 5.97 Å². The normalized spacial score (nSPS) is 16.6. The van der Waals surface area contributed by atoms with E-state index in [1.165, 1.54) is 23.3 Å². The number of nitrogens with one attached hydrogen (secondary N) is 1. The second-order valence-electron chi connectivity index (χ2n) is 8.97. The van der Waals surface area contributed by atoms with E-state index in [2.05, 4.69) is 20.4 Å². The minimum atomic E-state index is -0.369. The second-order valence-corrected chi connectivity index (χ2v) is 10.5. The van der Waals surface area contributed by atoms with Crippen LogP contribution in [0.1, 0.15) is 52.4 Å². The van der Waals surface area contributed by atoms with Crippen molar-refractivity contribution in [2.75, 3.05) is 25.5 Å². The van der Waals surface area contributed by atoms with E-state index in [0.29, 0.717) is 33.8 Å². The molecule has 1 saturated heterocycles. The van der Waals surface area contributed by atoms with Crippen molar-refractivity contribution in [1.29, 1.82) is 0 Å². The number of rotatable bonds is 6. The van der Waals surface area contributed by atoms with Crippen LogP contribution in [0.4, 0.5) is 5.00 Å². The van der Waals surface area contributed by atoms with Crippen LogP contribution in [0, 0.1) is 5.92 Å². The maximum Gasteiger partial charge on any atom is 0.341 e. The minimum absolute atomic E-state index is 0.0329. The van der Waals surface area contributed by atoms with Gasteiger partial charge in [0.25, 0.3) is 0 Å². The summed E-state index contributed by atoms with van der Waals surface area (Å²) in [6.45, 7) is 2.03. The van der Waals surface area contributed by atoms with Crippen molar-refractivity contribution >= 4 is 39.8 Å². The number of methoxy groups -OCH3 is 1. The number of nitrogens with zero attached hydrogens (tertiary/aromatic N) is 3. The van der Waals surface area contributed by atoms with Crippen molar-refractivity contribution in [2.45, 2.75) is 45.1 Å². The Labute approximate surface area is 212 Å². The molecule has 1 aliphatic heterocycles. The average molecular weight is 515 g/mol. The van der Waals surface area contributed by atoms with E-state index in [4.69, 9.17) is 20.9 Å². The van der Waals surface area contributed by atoms with E-state index < -0.39 is 0 Å². The summed E-state index contributed by atoms with van der Waals surface area (Å²) in [5.41, 5.74) is 2.41. The fourth-order valence-electron chi connectivity index (χ4n) is 4.79. The largest absolute Gasteiger partial charge is 0.465 e. The van der Waals surface area contributed by atoms with E-state index in [0.717, 1.165) is 62.7 Å². The van der Waals surface area contributed by atoms with Crippen LogP contribution >= 0.6 is 22.9 Å². The lowest BCUT2D eigenvalue weighted by Crippen LogP contribution is -2.37. The third kappa shape index (κ3) is 5.27. The molecule has 1 amide bonds. The van der Waals surface area contributed by atoms with Crippen LogP contribution in [-0.2, 0) is 28.9 Å². The molecular formula is C25H27ClN4O4S. The van der Waals surface area contributed by atoms with Crippen LogP contribution in [0.5, 0.6) is 0 Å². The third-order valence-electron chi connectivity index (χ3n) is 6.67. The Morgan fingerprint density at radius 3 is 2.83 bits per heavy atom. The Balaban J connectivity index is 1.18. The number of ether oxygens (including phenoxy) is 1. The molecule has 0 spiro atoms. The zero-order valence-electron chi connectivity index (χ0n) is 19.5. The summed E-state index contributed by atoms with van der Waals surface area (Å²) in [5.74, 6) is 0.535. The maximum absolute atomic E-state index is 13.1. The fourth-order valence-corrected chi connectivity index (χ4v) is 6.26. The number of piperidine rings is 1. The second kappa shape index (κ2) is 10.5. The lowest BCUT2D eigenvalue weighted by Gasteiger charge is -2.30. The Hall–Kier alpha value is -2.75. The van der Waals surface area contributed by atoms with Gasteiger partial charge in [-0.15, -0.1) is 11.3 Å². The summed E-state index contributed by atoms with van der Waals surface area (Å²) in [7, 11) is 1.39. The molecule has 1 N–H and O–H groups in total. The van der Waals surface area contributed by atoms with Crippen LogP contribution in [0.2, 0.25) is 5.02 Å². The highest BCUT2D eigenvalue weighted by atomic mass is 35.5. The molecule has 1 aromatic carbocycles. The number of hydrogen-bond acceptors (Lipinski definition) is 8. The van der Waals surface area contributed by atoms with Gasteiger partial charge in [-0.25, -0.2) is 4.79 Å². The standard InChI is InChI=1S/C25H27ClN4O4S/c1-33-25(32)21-18-7-2-3-8-19(18)35-24(21)28-23(31)15-9-11-30(12-10-15)14-20-27-22(29-34-20)16-5-4-6-17(26)13-16/h4-6,13,15H,2-3,7-12,14H2,1H3,(H,28,31). The first-order valence-electron chi connectivity index (χ1n) is 11.9. The molecule has 2 aliphatic rings. The summed E-state index contributed by atoms with van der Waals surface area (Å²) in [6.07, 6.45) is 5.42. The van der Waals surface area contributed by atoms with Gasteiger partial charge < -0.3 is 14.6 Å². The Bertz CT molecular complexity index is 1230. The van der Waals surface area contributed by atoms with Gasteiger partial charge in [-0.3, -0.25) is 9.69 Å². The number of anilines is 1. The van der Waals surface area contributed by atoms with Crippen LogP contribution in [-0.4, -0.2) is 47.1 Å². The molecule has 0 bridgehead atoms. The predicted molar refractivity (Wildman–Crippen MR) is 134 cm³/mol. The molecule has 35 heavy (non-hydrogen) atoms. The molecule has 0 atom stereocenters. The summed E-state index contributed by atoms with van der Waals surface area (Å²) in [6, 6.07) is 7.34. The van der Waals surface area contributed by atoms with Crippen LogP contribution < -0.4 is 5.32 Å². The van der Waals surface area contributed by atoms with Crippen molar-refractivity contribution in [3.63, 3.8) is 0 Å². The number of aromatic nitrogens is 2. The summed E-state index contributed by atoms with van der Waals surface area (Å²) < 4.78 is 10.5. The smallest absolute Gasteiger partial charge is 0.341 e. The van der Waals surface area contributed by atoms with Crippen molar-refractivity contribution in [3.05, 3.63) is 51.2 Å². The average Bonchev–Trinajstić information content (AvgIpc) is 3.48. The summed E-state index contributed by atoms with van der Waals surface area (Å²) in [4.78, 5) is 33.4. The number of carbonyl (C=O) groups excluding carboxylic acids is 2. The number of aryl methyl sites for hydroxylation is 1.